The Bertz CT molecular complexity index is 839. The van der Waals surface area contributed by atoms with E-state index < -0.39 is 6.29 Å². The molecule has 0 N–H and O–H groups in total. The van der Waals surface area contributed by atoms with Crippen molar-refractivity contribution in [2.45, 2.75) is 46.3 Å². The normalized spacial score (nSPS) is 11.3. The van der Waals surface area contributed by atoms with Crippen LogP contribution in [0.3, 0.4) is 0 Å². The average Bonchev–Trinajstić information content (AvgIpc) is 3.15. The van der Waals surface area contributed by atoms with E-state index in [0.29, 0.717) is 21.9 Å². The minimum atomic E-state index is -0.498. The highest BCUT2D eigenvalue weighted by Gasteiger charge is 2.20. The topological polar surface area (TPSA) is 74.7 Å². The maximum Gasteiger partial charge on any atom is 0.195 e. The van der Waals surface area contributed by atoms with Crippen molar-refractivity contribution in [1.82, 2.24) is 4.98 Å². The lowest BCUT2D eigenvalue weighted by atomic mass is 9.94. The van der Waals surface area contributed by atoms with Crippen LogP contribution in [-0.4, -0.2) is 43.7 Å². The second-order valence-corrected chi connectivity index (χ2v) is 7.67. The van der Waals surface area contributed by atoms with Crippen LogP contribution in [0.15, 0.2) is 17.5 Å². The van der Waals surface area contributed by atoms with Gasteiger partial charge in [0.2, 0.25) is 0 Å². The third-order valence-electron chi connectivity index (χ3n) is 4.52. The van der Waals surface area contributed by atoms with Crippen LogP contribution in [0.25, 0.3) is 0 Å². The molecule has 0 saturated heterocycles. The zero-order chi connectivity index (χ0) is 20.8. The van der Waals surface area contributed by atoms with Crippen LogP contribution in [0, 0.1) is 6.92 Å². The molecule has 1 aromatic heterocycles. The van der Waals surface area contributed by atoms with E-state index in [4.69, 9.17) is 14.2 Å². The zero-order valence-corrected chi connectivity index (χ0v) is 18.0. The molecule has 0 bridgehead atoms. The molecule has 0 radical (unpaired) electrons. The van der Waals surface area contributed by atoms with Crippen LogP contribution in [0.4, 0.5) is 0 Å². The van der Waals surface area contributed by atoms with Gasteiger partial charge in [-0.25, -0.2) is 4.98 Å². The van der Waals surface area contributed by atoms with Crippen LogP contribution in [-0.2, 0) is 15.9 Å². The zero-order valence-electron chi connectivity index (χ0n) is 17.2. The third kappa shape index (κ3) is 5.25. The highest BCUT2D eigenvalue weighted by Crippen LogP contribution is 2.28. The van der Waals surface area contributed by atoms with Crippen LogP contribution in [0.2, 0.25) is 0 Å². The standard InChI is InChI=1S/C21H27NO5S/c1-12(2)17-11-28-21(22-17)18(24)9-16-13(3)19(8-7-15(16)14(4)23)27-10-20(25-5)26-6/h7-8,11-12,20H,9-10H2,1-6H3. The number of carbonyl (C=O) groups excluding carboxylic acids is 2. The fourth-order valence-electron chi connectivity index (χ4n) is 2.76. The summed E-state index contributed by atoms with van der Waals surface area (Å²) in [5, 5.41) is 2.37. The second-order valence-electron chi connectivity index (χ2n) is 6.82. The molecule has 0 aliphatic rings. The number of hydrogen-bond donors (Lipinski definition) is 0. The van der Waals surface area contributed by atoms with Gasteiger partial charge in [0.1, 0.15) is 12.4 Å². The summed E-state index contributed by atoms with van der Waals surface area (Å²) in [7, 11) is 3.07. The molecule has 0 unspecified atom stereocenters. The number of ether oxygens (including phenoxy) is 3. The van der Waals surface area contributed by atoms with E-state index in [0.717, 1.165) is 11.3 Å². The van der Waals surface area contributed by atoms with Crippen molar-refractivity contribution in [2.75, 3.05) is 20.8 Å². The van der Waals surface area contributed by atoms with E-state index in [2.05, 4.69) is 4.98 Å². The fourth-order valence-corrected chi connectivity index (χ4v) is 3.67. The van der Waals surface area contributed by atoms with Crippen LogP contribution in [0.1, 0.15) is 63.7 Å². The number of ketones is 2. The number of thiazole rings is 1. The summed E-state index contributed by atoms with van der Waals surface area (Å²) in [5.41, 5.74) is 2.85. The predicted octanol–water partition coefficient (Wildman–Crippen LogP) is 4.20. The SMILES string of the molecule is COC(COc1ccc(C(C)=O)c(CC(=O)c2nc(C(C)C)cs2)c1C)OC. The molecule has 2 aromatic rings. The lowest BCUT2D eigenvalue weighted by Gasteiger charge is -2.18. The van der Waals surface area contributed by atoms with Crippen LogP contribution < -0.4 is 4.74 Å². The number of nitrogens with zero attached hydrogens (tertiary/aromatic N) is 1. The van der Waals surface area contributed by atoms with Crippen molar-refractivity contribution in [3.05, 3.63) is 44.9 Å². The lowest BCUT2D eigenvalue weighted by Crippen LogP contribution is -2.22. The Hall–Kier alpha value is -2.09. The van der Waals surface area contributed by atoms with Gasteiger partial charge in [0.15, 0.2) is 22.9 Å². The Morgan fingerprint density at radius 3 is 2.39 bits per heavy atom. The first-order valence-electron chi connectivity index (χ1n) is 9.08. The molecule has 28 heavy (non-hydrogen) atoms. The number of hydrogen-bond acceptors (Lipinski definition) is 7. The summed E-state index contributed by atoms with van der Waals surface area (Å²) in [4.78, 5) is 29.3. The first-order chi connectivity index (χ1) is 13.3. The van der Waals surface area contributed by atoms with Crippen LogP contribution >= 0.6 is 11.3 Å². The number of methoxy groups -OCH3 is 2. The number of aromatic nitrogens is 1. The Kier molecular flexibility index (Phi) is 7.86. The molecule has 1 heterocycles. The highest BCUT2D eigenvalue weighted by atomic mass is 32.1. The van der Waals surface area contributed by atoms with Gasteiger partial charge in [0.05, 0.1) is 5.69 Å². The molecule has 7 heteroatoms. The molecular formula is C21H27NO5S. The Morgan fingerprint density at radius 1 is 1.18 bits per heavy atom. The number of rotatable bonds is 10. The first-order valence-corrected chi connectivity index (χ1v) is 9.96. The first kappa shape index (κ1) is 22.2. The number of Topliss-reactive ketones (excluding diaryl/α,β-unsaturated/α-hetero) is 2. The van der Waals surface area contributed by atoms with Gasteiger partial charge in [-0.2, -0.15) is 0 Å². The summed E-state index contributed by atoms with van der Waals surface area (Å²) >= 11 is 1.34. The predicted molar refractivity (Wildman–Crippen MR) is 109 cm³/mol. The minimum absolute atomic E-state index is 0.0916. The molecule has 152 valence electrons. The number of benzene rings is 1. The Labute approximate surface area is 169 Å². The molecule has 2 rings (SSSR count). The molecule has 0 amide bonds. The van der Waals surface area contributed by atoms with E-state index in [1.165, 1.54) is 32.5 Å². The minimum Gasteiger partial charge on any atom is -0.488 e. The van der Waals surface area contributed by atoms with Gasteiger partial charge < -0.3 is 14.2 Å². The smallest absolute Gasteiger partial charge is 0.195 e. The average molecular weight is 406 g/mol. The van der Waals surface area contributed by atoms with E-state index >= 15 is 0 Å². The molecule has 6 nitrogen and oxygen atoms in total. The summed E-state index contributed by atoms with van der Waals surface area (Å²) in [6, 6.07) is 3.44. The van der Waals surface area contributed by atoms with Gasteiger partial charge in [-0.3, -0.25) is 9.59 Å². The summed E-state index contributed by atoms with van der Waals surface area (Å²) in [6.45, 7) is 7.62. The molecule has 0 spiro atoms. The summed E-state index contributed by atoms with van der Waals surface area (Å²) < 4.78 is 16.1. The van der Waals surface area contributed by atoms with Gasteiger partial charge in [0.25, 0.3) is 0 Å². The van der Waals surface area contributed by atoms with Gasteiger partial charge >= 0.3 is 0 Å². The van der Waals surface area contributed by atoms with Crippen molar-refractivity contribution in [3.63, 3.8) is 0 Å². The van der Waals surface area contributed by atoms with Gasteiger partial charge in [-0.1, -0.05) is 13.8 Å². The highest BCUT2D eigenvalue weighted by molar-refractivity contribution is 7.11. The van der Waals surface area contributed by atoms with E-state index in [9.17, 15) is 9.59 Å². The maximum absolute atomic E-state index is 12.8. The van der Waals surface area contributed by atoms with E-state index in [1.807, 2.05) is 26.2 Å². The van der Waals surface area contributed by atoms with Crippen molar-refractivity contribution < 1.29 is 23.8 Å². The molecule has 1 aromatic carbocycles. The number of carbonyl (C=O) groups is 2. The third-order valence-corrected chi connectivity index (χ3v) is 5.42. The van der Waals surface area contributed by atoms with Crippen molar-refractivity contribution >= 4 is 22.9 Å². The van der Waals surface area contributed by atoms with Gasteiger partial charge in [0, 0.05) is 31.6 Å². The molecule has 0 fully saturated rings. The molecule has 0 aliphatic heterocycles. The molecular weight excluding hydrogens is 378 g/mol. The van der Waals surface area contributed by atoms with Gasteiger partial charge in [-0.15, -0.1) is 11.3 Å². The van der Waals surface area contributed by atoms with Gasteiger partial charge in [-0.05, 0) is 43.0 Å². The quantitative estimate of drug-likeness (QED) is 0.436. The summed E-state index contributed by atoms with van der Waals surface area (Å²) in [5.74, 6) is 0.657. The summed E-state index contributed by atoms with van der Waals surface area (Å²) in [6.07, 6.45) is -0.400. The molecule has 0 atom stereocenters. The van der Waals surface area contributed by atoms with Crippen molar-refractivity contribution in [2.24, 2.45) is 0 Å². The van der Waals surface area contributed by atoms with Crippen molar-refractivity contribution in [3.8, 4) is 5.75 Å². The fraction of sp³-hybridized carbons (Fsp3) is 0.476. The van der Waals surface area contributed by atoms with Crippen molar-refractivity contribution in [1.29, 1.82) is 0 Å². The molecule has 0 aliphatic carbocycles. The largest absolute Gasteiger partial charge is 0.488 e. The van der Waals surface area contributed by atoms with E-state index in [-0.39, 0.29) is 30.5 Å². The second kappa shape index (κ2) is 9.91. The van der Waals surface area contributed by atoms with Crippen LogP contribution in [0.5, 0.6) is 5.75 Å². The lowest BCUT2D eigenvalue weighted by molar-refractivity contribution is -0.122. The monoisotopic (exact) mass is 405 g/mol. The Morgan fingerprint density at radius 2 is 1.86 bits per heavy atom. The Balaban J connectivity index is 2.30. The molecule has 0 saturated carbocycles. The maximum atomic E-state index is 12.8. The van der Waals surface area contributed by atoms with E-state index in [1.54, 1.807) is 12.1 Å².